The molecule has 0 aromatic heterocycles. The third-order valence-corrected chi connectivity index (χ3v) is 6.22. The minimum absolute atomic E-state index is 0.00117. The first-order chi connectivity index (χ1) is 15.2. The minimum atomic E-state index is 0.00117. The molecule has 0 bridgehead atoms. The van der Waals surface area contributed by atoms with Gasteiger partial charge in [-0.1, -0.05) is 97.3 Å². The van der Waals surface area contributed by atoms with Crippen LogP contribution in [0.2, 0.25) is 0 Å². The lowest BCUT2D eigenvalue weighted by molar-refractivity contribution is -0.144. The minimum Gasteiger partial charge on any atom is -0.466 e. The van der Waals surface area contributed by atoms with Crippen molar-refractivity contribution < 1.29 is 14.6 Å². The Labute approximate surface area is 194 Å². The molecule has 0 fully saturated rings. The predicted octanol–water partition coefficient (Wildman–Crippen LogP) is 7.18. The summed E-state index contributed by atoms with van der Waals surface area (Å²) < 4.78 is 5.55. The zero-order valence-electron chi connectivity index (χ0n) is 21.1. The van der Waals surface area contributed by atoms with Crippen LogP contribution in [0.1, 0.15) is 136 Å². The molecule has 4 heteroatoms. The molecule has 0 rings (SSSR count). The Morgan fingerprint density at radius 2 is 1.26 bits per heavy atom. The van der Waals surface area contributed by atoms with E-state index < -0.39 is 0 Å². The van der Waals surface area contributed by atoms with Crippen LogP contribution in [0.25, 0.3) is 0 Å². The van der Waals surface area contributed by atoms with Crippen LogP contribution >= 0.6 is 0 Å². The molecule has 0 aliphatic rings. The van der Waals surface area contributed by atoms with Crippen LogP contribution in [0.15, 0.2) is 0 Å². The number of ether oxygens (including phenoxy) is 1. The number of hydrogen-bond acceptors (Lipinski definition) is 4. The molecule has 0 saturated heterocycles. The summed E-state index contributed by atoms with van der Waals surface area (Å²) in [6, 6.07) is 0. The highest BCUT2D eigenvalue weighted by molar-refractivity contribution is 5.69. The summed E-state index contributed by atoms with van der Waals surface area (Å²) in [5, 5.41) is 12.1. The Hall–Kier alpha value is -0.610. The van der Waals surface area contributed by atoms with E-state index in [0.29, 0.717) is 19.6 Å². The van der Waals surface area contributed by atoms with Crippen LogP contribution in [0, 0.1) is 5.92 Å². The smallest absolute Gasteiger partial charge is 0.305 e. The zero-order valence-corrected chi connectivity index (χ0v) is 21.1. The normalized spacial score (nSPS) is 11.4. The quantitative estimate of drug-likeness (QED) is 0.116. The molecule has 0 aliphatic carbocycles. The number of esters is 1. The number of hydrogen-bond donors (Lipinski definition) is 2. The molecular formula is C27H55NO3. The molecule has 0 heterocycles. The Balaban J connectivity index is 3.66. The number of carbonyl (C=O) groups is 1. The molecular weight excluding hydrogens is 386 g/mol. The maximum atomic E-state index is 12.0. The molecule has 0 atom stereocenters. The van der Waals surface area contributed by atoms with Crippen LogP contribution < -0.4 is 5.32 Å². The Bertz CT molecular complexity index is 350. The topological polar surface area (TPSA) is 58.6 Å². The highest BCUT2D eigenvalue weighted by atomic mass is 16.5. The van der Waals surface area contributed by atoms with E-state index in [4.69, 9.17) is 9.84 Å². The monoisotopic (exact) mass is 441 g/mol. The van der Waals surface area contributed by atoms with E-state index in [2.05, 4.69) is 19.2 Å². The van der Waals surface area contributed by atoms with E-state index in [1.807, 2.05) is 0 Å². The lowest BCUT2D eigenvalue weighted by atomic mass is 9.92. The van der Waals surface area contributed by atoms with E-state index in [1.54, 1.807) is 0 Å². The highest BCUT2D eigenvalue weighted by Gasteiger charge is 2.10. The van der Waals surface area contributed by atoms with Gasteiger partial charge < -0.3 is 15.2 Å². The van der Waals surface area contributed by atoms with Gasteiger partial charge in [-0.2, -0.15) is 0 Å². The molecule has 31 heavy (non-hydrogen) atoms. The lowest BCUT2D eigenvalue weighted by Gasteiger charge is -2.17. The molecule has 4 nitrogen and oxygen atoms in total. The second kappa shape index (κ2) is 25.6. The van der Waals surface area contributed by atoms with E-state index in [1.165, 1.54) is 83.5 Å². The first-order valence-electron chi connectivity index (χ1n) is 13.7. The molecule has 0 amide bonds. The predicted molar refractivity (Wildman–Crippen MR) is 133 cm³/mol. The summed E-state index contributed by atoms with van der Waals surface area (Å²) in [5.74, 6) is 0.736. The molecule has 186 valence electrons. The maximum Gasteiger partial charge on any atom is 0.305 e. The number of carbonyl (C=O) groups excluding carboxylic acids is 1. The van der Waals surface area contributed by atoms with Gasteiger partial charge in [0.2, 0.25) is 0 Å². The van der Waals surface area contributed by atoms with Gasteiger partial charge in [0, 0.05) is 13.0 Å². The number of aliphatic hydroxyl groups is 1. The molecule has 0 aliphatic heterocycles. The Morgan fingerprint density at radius 3 is 1.87 bits per heavy atom. The Kier molecular flexibility index (Phi) is 25.1. The van der Waals surface area contributed by atoms with E-state index in [9.17, 15) is 4.79 Å². The van der Waals surface area contributed by atoms with Gasteiger partial charge in [-0.3, -0.25) is 4.79 Å². The molecule has 0 aromatic rings. The fourth-order valence-electron chi connectivity index (χ4n) is 4.10. The van der Waals surface area contributed by atoms with Gasteiger partial charge in [0.25, 0.3) is 0 Å². The molecule has 0 aromatic carbocycles. The first kappa shape index (κ1) is 30.4. The van der Waals surface area contributed by atoms with E-state index in [-0.39, 0.29) is 5.97 Å². The van der Waals surface area contributed by atoms with Crippen molar-refractivity contribution in [3.8, 4) is 0 Å². The lowest BCUT2D eigenvalue weighted by Crippen LogP contribution is -2.16. The highest BCUT2D eigenvalue weighted by Crippen LogP contribution is 2.21. The van der Waals surface area contributed by atoms with E-state index >= 15 is 0 Å². The first-order valence-corrected chi connectivity index (χ1v) is 13.7. The van der Waals surface area contributed by atoms with Crippen molar-refractivity contribution in [2.75, 3.05) is 26.3 Å². The zero-order chi connectivity index (χ0) is 22.8. The average molecular weight is 442 g/mol. The SMILES string of the molecule is CCCCCCC(CCCCCC)CCOC(=O)CCCCCCCNCCCCO. The largest absolute Gasteiger partial charge is 0.466 e. The number of unbranched alkanes of at least 4 members (excludes halogenated alkanes) is 11. The fraction of sp³-hybridized carbons (Fsp3) is 0.963. The second-order valence-electron chi connectivity index (χ2n) is 9.27. The van der Waals surface area contributed by atoms with Gasteiger partial charge in [-0.25, -0.2) is 0 Å². The van der Waals surface area contributed by atoms with Crippen LogP contribution in [0.3, 0.4) is 0 Å². The van der Waals surface area contributed by atoms with Crippen LogP contribution in [-0.2, 0) is 9.53 Å². The molecule has 0 unspecified atom stereocenters. The summed E-state index contributed by atoms with van der Waals surface area (Å²) in [6.45, 7) is 7.51. The van der Waals surface area contributed by atoms with Gasteiger partial charge in [-0.05, 0) is 51.1 Å². The summed E-state index contributed by atoms with van der Waals surface area (Å²) in [7, 11) is 0. The molecule has 0 spiro atoms. The maximum absolute atomic E-state index is 12.0. The second-order valence-corrected chi connectivity index (χ2v) is 9.27. The van der Waals surface area contributed by atoms with Crippen molar-refractivity contribution in [2.24, 2.45) is 5.92 Å². The summed E-state index contributed by atoms with van der Waals surface area (Å²) >= 11 is 0. The van der Waals surface area contributed by atoms with Gasteiger partial charge in [-0.15, -0.1) is 0 Å². The van der Waals surface area contributed by atoms with Crippen molar-refractivity contribution in [2.45, 2.75) is 136 Å². The molecule has 0 radical (unpaired) electrons. The summed E-state index contributed by atoms with van der Waals surface area (Å²) in [6.07, 6.45) is 22.5. The average Bonchev–Trinajstić information content (AvgIpc) is 2.77. The summed E-state index contributed by atoms with van der Waals surface area (Å²) in [4.78, 5) is 12.0. The van der Waals surface area contributed by atoms with Gasteiger partial charge in [0.1, 0.15) is 0 Å². The standard InChI is InChI=1S/C27H55NO3/c1-3-5-7-12-18-26(19-13-8-6-4-2)21-25-31-27(30)20-14-10-9-11-15-22-28-23-16-17-24-29/h26,28-29H,3-25H2,1-2H3. The Morgan fingerprint density at radius 1 is 0.710 bits per heavy atom. The number of rotatable bonds is 25. The van der Waals surface area contributed by atoms with E-state index in [0.717, 1.165) is 51.1 Å². The number of nitrogens with one attached hydrogen (secondary N) is 1. The van der Waals surface area contributed by atoms with Crippen molar-refractivity contribution in [3.63, 3.8) is 0 Å². The third-order valence-electron chi connectivity index (χ3n) is 6.22. The fourth-order valence-corrected chi connectivity index (χ4v) is 4.10. The third kappa shape index (κ3) is 23.9. The molecule has 2 N–H and O–H groups in total. The van der Waals surface area contributed by atoms with Gasteiger partial charge >= 0.3 is 5.97 Å². The van der Waals surface area contributed by atoms with Crippen molar-refractivity contribution in [1.82, 2.24) is 5.32 Å². The van der Waals surface area contributed by atoms with Gasteiger partial charge in [0.15, 0.2) is 0 Å². The van der Waals surface area contributed by atoms with Crippen molar-refractivity contribution in [1.29, 1.82) is 0 Å². The van der Waals surface area contributed by atoms with Crippen molar-refractivity contribution >= 4 is 5.97 Å². The molecule has 0 saturated carbocycles. The number of aliphatic hydroxyl groups excluding tert-OH is 1. The van der Waals surface area contributed by atoms with Crippen LogP contribution in [0.5, 0.6) is 0 Å². The van der Waals surface area contributed by atoms with Crippen molar-refractivity contribution in [3.05, 3.63) is 0 Å². The van der Waals surface area contributed by atoms with Gasteiger partial charge in [0.05, 0.1) is 6.61 Å². The summed E-state index contributed by atoms with van der Waals surface area (Å²) in [5.41, 5.74) is 0. The van der Waals surface area contributed by atoms with Crippen LogP contribution in [0.4, 0.5) is 0 Å². The van der Waals surface area contributed by atoms with Crippen LogP contribution in [-0.4, -0.2) is 37.4 Å².